The molecule has 1 saturated carbocycles. The van der Waals surface area contributed by atoms with Crippen molar-refractivity contribution in [3.05, 3.63) is 53.6 Å². The zero-order valence-electron chi connectivity index (χ0n) is 18.9. The lowest BCUT2D eigenvalue weighted by atomic mass is 9.87. The summed E-state index contributed by atoms with van der Waals surface area (Å²) < 4.78 is 24.3. The van der Waals surface area contributed by atoms with Gasteiger partial charge in [-0.1, -0.05) is 32.9 Å². The summed E-state index contributed by atoms with van der Waals surface area (Å²) in [7, 11) is -3.36. The Morgan fingerprint density at radius 3 is 2.26 bits per heavy atom. The molecule has 0 atom stereocenters. The molecule has 0 aromatic heterocycles. The highest BCUT2D eigenvalue weighted by molar-refractivity contribution is 7.90. The fraction of sp³-hybridized carbons (Fsp3) is 0.480. The van der Waals surface area contributed by atoms with Gasteiger partial charge in [0.2, 0.25) is 0 Å². The van der Waals surface area contributed by atoms with Crippen molar-refractivity contribution in [2.75, 3.05) is 29.6 Å². The van der Waals surface area contributed by atoms with E-state index in [0.29, 0.717) is 16.7 Å². The van der Waals surface area contributed by atoms with Gasteiger partial charge < -0.3 is 10.2 Å². The Labute approximate surface area is 185 Å². The van der Waals surface area contributed by atoms with Crippen molar-refractivity contribution in [2.45, 2.75) is 56.8 Å². The maximum Gasteiger partial charge on any atom is 0.257 e. The Kier molecular flexibility index (Phi) is 5.41. The predicted molar refractivity (Wildman–Crippen MR) is 126 cm³/mol. The van der Waals surface area contributed by atoms with E-state index < -0.39 is 9.84 Å². The predicted octanol–water partition coefficient (Wildman–Crippen LogP) is 5.02. The molecule has 1 N–H and O–H groups in total. The summed E-state index contributed by atoms with van der Waals surface area (Å²) in [4.78, 5) is 15.7. The van der Waals surface area contributed by atoms with Crippen LogP contribution >= 0.6 is 0 Å². The number of amides is 1. The number of carbonyl (C=O) groups is 1. The number of anilines is 2. The smallest absolute Gasteiger partial charge is 0.257 e. The highest BCUT2D eigenvalue weighted by atomic mass is 32.2. The molecule has 1 heterocycles. The summed E-state index contributed by atoms with van der Waals surface area (Å²) in [6.45, 7) is 8.12. The summed E-state index contributed by atoms with van der Waals surface area (Å²) in [6, 6.07) is 12.7. The topological polar surface area (TPSA) is 66.5 Å². The van der Waals surface area contributed by atoms with Crippen LogP contribution in [0.2, 0.25) is 0 Å². The van der Waals surface area contributed by atoms with Gasteiger partial charge in [-0.2, -0.15) is 0 Å². The molecule has 1 saturated heterocycles. The van der Waals surface area contributed by atoms with Crippen LogP contribution in [0.1, 0.15) is 62.4 Å². The van der Waals surface area contributed by atoms with Crippen molar-refractivity contribution >= 4 is 27.1 Å². The molecule has 4 rings (SSSR count). The molecule has 2 aromatic rings. The quantitative estimate of drug-likeness (QED) is 0.725. The lowest BCUT2D eigenvalue weighted by Crippen LogP contribution is -2.35. The molecule has 0 radical (unpaired) electrons. The number of piperidine rings is 1. The van der Waals surface area contributed by atoms with Gasteiger partial charge in [-0.3, -0.25) is 4.79 Å². The first kappa shape index (κ1) is 21.9. The molecule has 2 aliphatic rings. The van der Waals surface area contributed by atoms with Gasteiger partial charge in [0.15, 0.2) is 9.84 Å². The van der Waals surface area contributed by atoms with Crippen molar-refractivity contribution in [3.63, 3.8) is 0 Å². The second kappa shape index (κ2) is 7.66. The van der Waals surface area contributed by atoms with Gasteiger partial charge in [0.25, 0.3) is 5.91 Å². The Balaban J connectivity index is 1.64. The fourth-order valence-electron chi connectivity index (χ4n) is 4.36. The zero-order chi connectivity index (χ0) is 22.4. The van der Waals surface area contributed by atoms with Crippen LogP contribution < -0.4 is 10.2 Å². The average molecular weight is 441 g/mol. The summed E-state index contributed by atoms with van der Waals surface area (Å²) in [6.07, 6.45) is 6.00. The third-order valence-electron chi connectivity index (χ3n) is 6.75. The molecule has 0 unspecified atom stereocenters. The van der Waals surface area contributed by atoms with Crippen molar-refractivity contribution in [3.8, 4) is 0 Å². The van der Waals surface area contributed by atoms with E-state index >= 15 is 0 Å². The van der Waals surface area contributed by atoms with Gasteiger partial charge >= 0.3 is 0 Å². The van der Waals surface area contributed by atoms with Crippen LogP contribution in [0.4, 0.5) is 11.4 Å². The van der Waals surface area contributed by atoms with Crippen LogP contribution in [0, 0.1) is 5.41 Å². The minimum Gasteiger partial charge on any atom is -0.371 e. The van der Waals surface area contributed by atoms with Gasteiger partial charge in [0, 0.05) is 25.0 Å². The third-order valence-corrected chi connectivity index (χ3v) is 7.86. The normalized spacial score (nSPS) is 18.1. The standard InChI is InChI=1S/C25H32N2O3S/c1-24(2,3)18-6-5-7-19(16-18)26-23(28)21-9-8-20(31(4,29)30)17-22(21)27-14-12-25(10-11-25)13-15-27/h5-9,16-17H,10-15H2,1-4H3,(H,26,28). The number of nitrogens with one attached hydrogen (secondary N) is 1. The van der Waals surface area contributed by atoms with Gasteiger partial charge in [-0.15, -0.1) is 0 Å². The molecule has 2 aromatic carbocycles. The molecule has 5 nitrogen and oxygen atoms in total. The highest BCUT2D eigenvalue weighted by Crippen LogP contribution is 2.54. The molecule has 6 heteroatoms. The molecule has 166 valence electrons. The number of nitrogens with zero attached hydrogens (tertiary/aromatic N) is 1. The zero-order valence-corrected chi connectivity index (χ0v) is 19.7. The van der Waals surface area contributed by atoms with Crippen LogP contribution in [-0.4, -0.2) is 33.7 Å². The van der Waals surface area contributed by atoms with Gasteiger partial charge in [-0.05, 0) is 72.4 Å². The molecule has 1 spiro atoms. The first-order valence-corrected chi connectivity index (χ1v) is 12.9. The molecule has 31 heavy (non-hydrogen) atoms. The molecule has 1 amide bonds. The van der Waals surface area contributed by atoms with Gasteiger partial charge in [0.05, 0.1) is 16.1 Å². The van der Waals surface area contributed by atoms with E-state index in [-0.39, 0.29) is 16.2 Å². The lowest BCUT2D eigenvalue weighted by molar-refractivity contribution is 0.102. The average Bonchev–Trinajstić information content (AvgIpc) is 3.46. The van der Waals surface area contributed by atoms with Crippen molar-refractivity contribution in [1.29, 1.82) is 0 Å². The van der Waals surface area contributed by atoms with Gasteiger partial charge in [-0.25, -0.2) is 8.42 Å². The van der Waals surface area contributed by atoms with E-state index in [1.54, 1.807) is 12.1 Å². The third kappa shape index (κ3) is 4.79. The highest BCUT2D eigenvalue weighted by Gasteiger charge is 2.44. The SMILES string of the molecule is CC(C)(C)c1cccc(NC(=O)c2ccc(S(C)(=O)=O)cc2N2CCC3(CC2)CC3)c1. The van der Waals surface area contributed by atoms with Crippen LogP contribution in [0.25, 0.3) is 0 Å². The van der Waals surface area contributed by atoms with E-state index in [1.165, 1.54) is 25.2 Å². The summed E-state index contributed by atoms with van der Waals surface area (Å²) in [5, 5.41) is 3.02. The minimum atomic E-state index is -3.36. The summed E-state index contributed by atoms with van der Waals surface area (Å²) >= 11 is 0. The fourth-order valence-corrected chi connectivity index (χ4v) is 5.00. The van der Waals surface area contributed by atoms with Gasteiger partial charge in [0.1, 0.15) is 0 Å². The van der Waals surface area contributed by atoms with Crippen LogP contribution in [0.15, 0.2) is 47.4 Å². The van der Waals surface area contributed by atoms with E-state index in [1.807, 2.05) is 18.2 Å². The molecular formula is C25H32N2O3S. The molecular weight excluding hydrogens is 408 g/mol. The summed E-state index contributed by atoms with van der Waals surface area (Å²) in [5.41, 5.74) is 3.59. The largest absolute Gasteiger partial charge is 0.371 e. The number of rotatable bonds is 4. The van der Waals surface area contributed by atoms with E-state index in [2.05, 4.69) is 37.1 Å². The Hall–Kier alpha value is -2.34. The second-order valence-electron chi connectivity index (χ2n) is 10.2. The molecule has 2 fully saturated rings. The number of hydrogen-bond acceptors (Lipinski definition) is 4. The van der Waals surface area contributed by atoms with Crippen molar-refractivity contribution in [2.24, 2.45) is 5.41 Å². The number of carbonyl (C=O) groups excluding carboxylic acids is 1. The second-order valence-corrected chi connectivity index (χ2v) is 12.2. The van der Waals surface area contributed by atoms with E-state index in [0.717, 1.165) is 37.2 Å². The van der Waals surface area contributed by atoms with E-state index in [9.17, 15) is 13.2 Å². The lowest BCUT2D eigenvalue weighted by Gasteiger charge is -2.35. The number of sulfone groups is 1. The Bertz CT molecular complexity index is 1100. The first-order valence-electron chi connectivity index (χ1n) is 11.0. The van der Waals surface area contributed by atoms with Crippen LogP contribution in [0.3, 0.4) is 0 Å². The maximum atomic E-state index is 13.3. The van der Waals surface area contributed by atoms with Crippen molar-refractivity contribution < 1.29 is 13.2 Å². The first-order chi connectivity index (χ1) is 14.5. The minimum absolute atomic E-state index is 0.0183. The van der Waals surface area contributed by atoms with Crippen LogP contribution in [0.5, 0.6) is 0 Å². The number of benzene rings is 2. The molecule has 1 aliphatic carbocycles. The monoisotopic (exact) mass is 440 g/mol. The maximum absolute atomic E-state index is 13.3. The summed E-state index contributed by atoms with van der Waals surface area (Å²) in [5.74, 6) is -0.215. The molecule has 1 aliphatic heterocycles. The van der Waals surface area contributed by atoms with E-state index in [4.69, 9.17) is 0 Å². The van der Waals surface area contributed by atoms with Crippen molar-refractivity contribution in [1.82, 2.24) is 0 Å². The van der Waals surface area contributed by atoms with Crippen LogP contribution in [-0.2, 0) is 15.3 Å². The Morgan fingerprint density at radius 2 is 1.68 bits per heavy atom. The molecule has 0 bridgehead atoms. The Morgan fingerprint density at radius 1 is 1.00 bits per heavy atom. The number of hydrogen-bond donors (Lipinski definition) is 1.